The zero-order valence-corrected chi connectivity index (χ0v) is 8.95. The molecule has 0 aliphatic carbocycles. The van der Waals surface area contributed by atoms with E-state index in [1.54, 1.807) is 0 Å². The second kappa shape index (κ2) is 4.87. The molecule has 0 aliphatic heterocycles. The topological polar surface area (TPSA) is 42.0 Å². The highest BCUT2D eigenvalue weighted by Gasteiger charge is 2.10. The second-order valence-corrected chi connectivity index (χ2v) is 3.45. The van der Waals surface area contributed by atoms with Gasteiger partial charge in [-0.25, -0.2) is 13.8 Å². The Morgan fingerprint density at radius 2 is 1.83 bits per heavy atom. The van der Waals surface area contributed by atoms with E-state index >= 15 is 0 Å². The number of hydrogen-bond acceptors (Lipinski definition) is 2. The molecule has 0 unspecified atom stereocenters. The second-order valence-electron chi connectivity index (χ2n) is 3.45. The van der Waals surface area contributed by atoms with Crippen LogP contribution in [-0.2, 0) is 0 Å². The van der Waals surface area contributed by atoms with Crippen LogP contribution in [-0.4, -0.2) is 10.9 Å². The Balaban J connectivity index is 2.16. The molecule has 1 aromatic carbocycles. The van der Waals surface area contributed by atoms with Gasteiger partial charge in [0.15, 0.2) is 11.6 Å². The third-order valence-electron chi connectivity index (χ3n) is 2.17. The van der Waals surface area contributed by atoms with Gasteiger partial charge in [-0.1, -0.05) is 0 Å². The first-order valence-corrected chi connectivity index (χ1v) is 4.94. The average molecular weight is 252 g/mol. The van der Waals surface area contributed by atoms with Crippen molar-refractivity contribution < 1.29 is 18.0 Å². The van der Waals surface area contributed by atoms with Gasteiger partial charge in [0.1, 0.15) is 0 Å². The molecule has 0 radical (unpaired) electrons. The zero-order chi connectivity index (χ0) is 13.1. The number of hydrogen-bond donors (Lipinski definition) is 1. The highest BCUT2D eigenvalue weighted by Crippen LogP contribution is 2.11. The highest BCUT2D eigenvalue weighted by molar-refractivity contribution is 6.04. The number of nitrogens with one attached hydrogen (secondary N) is 1. The molecule has 0 saturated carbocycles. The first-order chi connectivity index (χ1) is 8.56. The molecular formula is C12H7F3N2O. The molecular weight excluding hydrogens is 245 g/mol. The van der Waals surface area contributed by atoms with E-state index in [9.17, 15) is 18.0 Å². The summed E-state index contributed by atoms with van der Waals surface area (Å²) in [5.74, 6) is -3.46. The van der Waals surface area contributed by atoms with Gasteiger partial charge in [0.2, 0.25) is 5.95 Å². The molecule has 0 spiro atoms. The molecule has 1 aromatic heterocycles. The molecule has 18 heavy (non-hydrogen) atoms. The van der Waals surface area contributed by atoms with Crippen molar-refractivity contribution in [3.8, 4) is 0 Å². The van der Waals surface area contributed by atoms with Gasteiger partial charge in [-0.2, -0.15) is 4.39 Å². The van der Waals surface area contributed by atoms with Crippen molar-refractivity contribution in [2.75, 3.05) is 5.32 Å². The largest absolute Gasteiger partial charge is 0.321 e. The summed E-state index contributed by atoms with van der Waals surface area (Å²) in [5.41, 5.74) is 0.212. The van der Waals surface area contributed by atoms with Crippen LogP contribution >= 0.6 is 0 Å². The summed E-state index contributed by atoms with van der Waals surface area (Å²) in [6.07, 6.45) is 1.12. The van der Waals surface area contributed by atoms with Crippen LogP contribution in [0.1, 0.15) is 10.4 Å². The summed E-state index contributed by atoms with van der Waals surface area (Å²) in [5, 5.41) is 2.37. The van der Waals surface area contributed by atoms with Gasteiger partial charge in [0, 0.05) is 5.56 Å². The van der Waals surface area contributed by atoms with E-state index in [1.807, 2.05) is 0 Å². The normalized spacial score (nSPS) is 10.2. The average Bonchev–Trinajstić information content (AvgIpc) is 2.35. The number of carbonyl (C=O) groups is 1. The van der Waals surface area contributed by atoms with Gasteiger partial charge in [-0.15, -0.1) is 0 Å². The first-order valence-electron chi connectivity index (χ1n) is 4.94. The standard InChI is InChI=1S/C12H7F3N2O/c13-9-3-1-7(5-10(9)14)12(18)17-8-2-4-11(15)16-6-8/h1-6H,(H,17,18). The van der Waals surface area contributed by atoms with Crippen LogP contribution in [0.5, 0.6) is 0 Å². The number of aromatic nitrogens is 1. The Morgan fingerprint density at radius 3 is 2.44 bits per heavy atom. The Bertz CT molecular complexity index is 584. The summed E-state index contributed by atoms with van der Waals surface area (Å²) in [6, 6.07) is 5.15. The van der Waals surface area contributed by atoms with Gasteiger partial charge in [0.05, 0.1) is 11.9 Å². The quantitative estimate of drug-likeness (QED) is 0.835. The Labute approximate surface area is 100 Å². The van der Waals surface area contributed by atoms with E-state index in [1.165, 1.54) is 6.07 Å². The van der Waals surface area contributed by atoms with Crippen LogP contribution in [0.2, 0.25) is 0 Å². The lowest BCUT2D eigenvalue weighted by atomic mass is 10.2. The van der Waals surface area contributed by atoms with Gasteiger partial charge in [-0.05, 0) is 30.3 Å². The smallest absolute Gasteiger partial charge is 0.255 e. The van der Waals surface area contributed by atoms with E-state index in [0.717, 1.165) is 30.5 Å². The Morgan fingerprint density at radius 1 is 1.06 bits per heavy atom. The monoisotopic (exact) mass is 252 g/mol. The van der Waals surface area contributed by atoms with E-state index in [0.29, 0.717) is 0 Å². The molecule has 6 heteroatoms. The third kappa shape index (κ3) is 2.65. The molecule has 2 aromatic rings. The molecule has 3 nitrogen and oxygen atoms in total. The Hall–Kier alpha value is -2.37. The lowest BCUT2D eigenvalue weighted by Gasteiger charge is -2.04. The summed E-state index contributed by atoms with van der Waals surface area (Å²) >= 11 is 0. The van der Waals surface area contributed by atoms with Crippen LogP contribution in [0.25, 0.3) is 0 Å². The minimum Gasteiger partial charge on any atom is -0.321 e. The van der Waals surface area contributed by atoms with Crippen LogP contribution < -0.4 is 5.32 Å². The maximum absolute atomic E-state index is 12.9. The fourth-order valence-corrected chi connectivity index (χ4v) is 1.29. The zero-order valence-electron chi connectivity index (χ0n) is 8.95. The number of amides is 1. The van der Waals surface area contributed by atoms with Crippen LogP contribution in [0.15, 0.2) is 36.5 Å². The molecule has 1 heterocycles. The van der Waals surface area contributed by atoms with Gasteiger partial charge in [0.25, 0.3) is 5.91 Å². The maximum Gasteiger partial charge on any atom is 0.255 e. The van der Waals surface area contributed by atoms with Crippen molar-refractivity contribution in [2.24, 2.45) is 0 Å². The van der Waals surface area contributed by atoms with Gasteiger partial charge >= 0.3 is 0 Å². The lowest BCUT2D eigenvalue weighted by molar-refractivity contribution is 0.102. The molecule has 1 amide bonds. The summed E-state index contributed by atoms with van der Waals surface area (Å²) in [7, 11) is 0. The van der Waals surface area contributed by atoms with E-state index in [2.05, 4.69) is 10.3 Å². The molecule has 92 valence electrons. The molecule has 0 bridgehead atoms. The molecule has 0 aliphatic rings. The molecule has 0 saturated heterocycles. The van der Waals surface area contributed by atoms with Crippen molar-refractivity contribution in [3.63, 3.8) is 0 Å². The lowest BCUT2D eigenvalue weighted by Crippen LogP contribution is -2.12. The number of nitrogens with zero attached hydrogens (tertiary/aromatic N) is 1. The SMILES string of the molecule is O=C(Nc1ccc(F)nc1)c1ccc(F)c(F)c1. The van der Waals surface area contributed by atoms with Crippen LogP contribution in [0.3, 0.4) is 0 Å². The van der Waals surface area contributed by atoms with Gasteiger partial charge < -0.3 is 5.32 Å². The number of carbonyl (C=O) groups excluding carboxylic acids is 1. The summed E-state index contributed by atoms with van der Waals surface area (Å²) in [6.45, 7) is 0. The molecule has 0 fully saturated rings. The predicted octanol–water partition coefficient (Wildman–Crippen LogP) is 2.75. The fourth-order valence-electron chi connectivity index (χ4n) is 1.29. The Kier molecular flexibility index (Phi) is 3.27. The number of rotatable bonds is 2. The highest BCUT2D eigenvalue weighted by atomic mass is 19.2. The van der Waals surface area contributed by atoms with Crippen molar-refractivity contribution in [1.29, 1.82) is 0 Å². The minimum absolute atomic E-state index is 0.0433. The van der Waals surface area contributed by atoms with Crippen molar-refractivity contribution in [3.05, 3.63) is 59.7 Å². The van der Waals surface area contributed by atoms with Gasteiger partial charge in [-0.3, -0.25) is 4.79 Å². The third-order valence-corrected chi connectivity index (χ3v) is 2.17. The molecule has 1 N–H and O–H groups in total. The van der Waals surface area contributed by atoms with Crippen molar-refractivity contribution >= 4 is 11.6 Å². The summed E-state index contributed by atoms with van der Waals surface area (Å²) in [4.78, 5) is 15.0. The number of benzene rings is 1. The van der Waals surface area contributed by atoms with Crippen LogP contribution in [0.4, 0.5) is 18.9 Å². The van der Waals surface area contributed by atoms with Crippen molar-refractivity contribution in [2.45, 2.75) is 0 Å². The summed E-state index contributed by atoms with van der Waals surface area (Å²) < 4.78 is 38.1. The van der Waals surface area contributed by atoms with E-state index in [-0.39, 0.29) is 11.3 Å². The number of pyridine rings is 1. The van der Waals surface area contributed by atoms with E-state index < -0.39 is 23.5 Å². The maximum atomic E-state index is 12.9. The molecule has 2 rings (SSSR count). The number of halogens is 3. The number of anilines is 1. The fraction of sp³-hybridized carbons (Fsp3) is 0. The predicted molar refractivity (Wildman–Crippen MR) is 58.5 cm³/mol. The first kappa shape index (κ1) is 12.1. The molecule has 0 atom stereocenters. The van der Waals surface area contributed by atoms with E-state index in [4.69, 9.17) is 0 Å². The van der Waals surface area contributed by atoms with Crippen molar-refractivity contribution in [1.82, 2.24) is 4.98 Å². The van der Waals surface area contributed by atoms with Crippen LogP contribution in [0, 0.1) is 17.6 Å². The minimum atomic E-state index is -1.11.